The van der Waals surface area contributed by atoms with Gasteiger partial charge in [0.2, 0.25) is 4.96 Å². The fourth-order valence-corrected chi connectivity index (χ4v) is 6.98. The van der Waals surface area contributed by atoms with E-state index in [0.29, 0.717) is 40.0 Å². The van der Waals surface area contributed by atoms with Crippen LogP contribution in [-0.2, 0) is 6.61 Å². The zero-order chi connectivity index (χ0) is 36.1. The quantitative estimate of drug-likeness (QED) is 0.126. The van der Waals surface area contributed by atoms with E-state index in [1.165, 1.54) is 26.6 Å². The number of thiazole rings is 1. The minimum absolute atomic E-state index is 0.244. The summed E-state index contributed by atoms with van der Waals surface area (Å²) >= 11 is 1.29. The number of nitrogens with zero attached hydrogens (tertiary/aromatic N) is 5. The standard InChI is InChI=1S/C43H35N5O4S/c1-3-24-51-37-22-16-29(25-38(37)50-2)17-23-40-44-43-48(45-40)42(49)39(53-43)26-33-27-47(34-13-5-4-6-14-34)46-41(33)31-18-20-35(21-19-31)52-28-32-12-9-11-30-10-7-8-15-36(30)32/h4-23,25-27H,3,24,28H2,1-2H3/b23-17+,39-26-. The van der Waals surface area contributed by atoms with E-state index in [4.69, 9.17) is 19.3 Å². The molecule has 9 nitrogen and oxygen atoms in total. The van der Waals surface area contributed by atoms with Gasteiger partial charge in [0.1, 0.15) is 18.1 Å². The molecule has 8 aromatic rings. The van der Waals surface area contributed by atoms with Crippen LogP contribution in [0, 0.1) is 0 Å². The van der Waals surface area contributed by atoms with Gasteiger partial charge in [-0.1, -0.05) is 91.1 Å². The molecular weight excluding hydrogens is 683 g/mol. The highest BCUT2D eigenvalue weighted by Crippen LogP contribution is 2.30. The molecule has 0 saturated carbocycles. The van der Waals surface area contributed by atoms with Gasteiger partial charge >= 0.3 is 0 Å². The van der Waals surface area contributed by atoms with Crippen LogP contribution in [0.5, 0.6) is 17.2 Å². The number of fused-ring (bicyclic) bond motifs is 2. The van der Waals surface area contributed by atoms with E-state index in [1.54, 1.807) is 13.2 Å². The first-order valence-corrected chi connectivity index (χ1v) is 18.1. The summed E-state index contributed by atoms with van der Waals surface area (Å²) < 4.78 is 21.2. The van der Waals surface area contributed by atoms with Gasteiger partial charge in [0.15, 0.2) is 17.3 Å². The normalized spacial score (nSPS) is 11.9. The highest BCUT2D eigenvalue weighted by Gasteiger charge is 2.15. The number of benzene rings is 5. The van der Waals surface area contributed by atoms with Crippen molar-refractivity contribution in [2.75, 3.05) is 13.7 Å². The SMILES string of the molecule is CCCOc1ccc(/C=C/c2nc3s/c(=C\c4cn(-c5ccccc5)nc4-c4ccc(OCc5cccc6ccccc56)cc4)c(=O)n3n2)cc1OC. The van der Waals surface area contributed by atoms with Gasteiger partial charge in [-0.2, -0.15) is 14.6 Å². The predicted molar refractivity (Wildman–Crippen MR) is 211 cm³/mol. The van der Waals surface area contributed by atoms with Crippen LogP contribution < -0.4 is 24.3 Å². The third-order valence-electron chi connectivity index (χ3n) is 8.72. The van der Waals surface area contributed by atoms with Crippen molar-refractivity contribution >= 4 is 45.3 Å². The van der Waals surface area contributed by atoms with Crippen molar-refractivity contribution in [3.8, 4) is 34.2 Å². The Kier molecular flexibility index (Phi) is 9.51. The smallest absolute Gasteiger partial charge is 0.291 e. The van der Waals surface area contributed by atoms with Crippen LogP contribution in [0.2, 0.25) is 0 Å². The Morgan fingerprint density at radius 1 is 0.811 bits per heavy atom. The van der Waals surface area contributed by atoms with Crippen LogP contribution in [0.15, 0.2) is 126 Å². The zero-order valence-corrected chi connectivity index (χ0v) is 30.0. The molecule has 0 atom stereocenters. The minimum Gasteiger partial charge on any atom is -0.493 e. The number of hydrogen-bond donors (Lipinski definition) is 0. The number of methoxy groups -OCH3 is 1. The van der Waals surface area contributed by atoms with E-state index < -0.39 is 0 Å². The lowest BCUT2D eigenvalue weighted by Gasteiger charge is -2.10. The van der Waals surface area contributed by atoms with Crippen LogP contribution in [0.25, 0.3) is 50.9 Å². The molecule has 53 heavy (non-hydrogen) atoms. The lowest BCUT2D eigenvalue weighted by Crippen LogP contribution is -2.23. The summed E-state index contributed by atoms with van der Waals surface area (Å²) in [6, 6.07) is 38.1. The molecule has 10 heteroatoms. The molecule has 0 bridgehead atoms. The Balaban J connectivity index is 1.07. The zero-order valence-electron chi connectivity index (χ0n) is 29.2. The maximum Gasteiger partial charge on any atom is 0.291 e. The van der Waals surface area contributed by atoms with Crippen molar-refractivity contribution < 1.29 is 14.2 Å². The average molecular weight is 718 g/mol. The molecule has 0 N–H and O–H groups in total. The van der Waals surface area contributed by atoms with E-state index in [2.05, 4.69) is 47.3 Å². The van der Waals surface area contributed by atoms with Gasteiger partial charge in [-0.3, -0.25) is 4.79 Å². The van der Waals surface area contributed by atoms with E-state index in [1.807, 2.05) is 108 Å². The Morgan fingerprint density at radius 2 is 1.62 bits per heavy atom. The topological polar surface area (TPSA) is 92.8 Å². The number of ether oxygens (including phenoxy) is 3. The summed E-state index contributed by atoms with van der Waals surface area (Å²) in [5, 5.41) is 11.8. The van der Waals surface area contributed by atoms with Crippen LogP contribution in [0.3, 0.4) is 0 Å². The number of aromatic nitrogens is 5. The van der Waals surface area contributed by atoms with Crippen molar-refractivity contribution in [2.45, 2.75) is 20.0 Å². The highest BCUT2D eigenvalue weighted by atomic mass is 32.1. The number of para-hydroxylation sites is 1. The molecule has 0 aliphatic heterocycles. The molecule has 5 aromatic carbocycles. The van der Waals surface area contributed by atoms with Crippen molar-refractivity contribution in [2.24, 2.45) is 0 Å². The molecule has 0 fully saturated rings. The number of rotatable bonds is 12. The van der Waals surface area contributed by atoms with Crippen molar-refractivity contribution in [3.05, 3.63) is 159 Å². The largest absolute Gasteiger partial charge is 0.493 e. The third kappa shape index (κ3) is 7.17. The molecule has 0 amide bonds. The predicted octanol–water partition coefficient (Wildman–Crippen LogP) is 8.25. The van der Waals surface area contributed by atoms with E-state index in [0.717, 1.165) is 45.8 Å². The van der Waals surface area contributed by atoms with E-state index in [9.17, 15) is 4.79 Å². The first kappa shape index (κ1) is 33.6. The van der Waals surface area contributed by atoms with Gasteiger partial charge in [0, 0.05) is 17.3 Å². The first-order valence-electron chi connectivity index (χ1n) is 17.3. The van der Waals surface area contributed by atoms with E-state index in [-0.39, 0.29) is 5.56 Å². The second-order valence-corrected chi connectivity index (χ2v) is 13.3. The molecule has 0 radical (unpaired) electrons. The molecule has 0 aliphatic carbocycles. The van der Waals surface area contributed by atoms with Crippen molar-refractivity contribution in [1.82, 2.24) is 24.4 Å². The summed E-state index contributed by atoms with van der Waals surface area (Å²) in [5.74, 6) is 2.54. The maximum absolute atomic E-state index is 13.6. The molecule has 3 aromatic heterocycles. The molecule has 0 saturated heterocycles. The first-order chi connectivity index (χ1) is 26.1. The second-order valence-electron chi connectivity index (χ2n) is 12.3. The Bertz CT molecular complexity index is 2670. The fourth-order valence-electron chi connectivity index (χ4n) is 6.07. The lowest BCUT2D eigenvalue weighted by atomic mass is 10.1. The highest BCUT2D eigenvalue weighted by molar-refractivity contribution is 7.15. The summed E-state index contributed by atoms with van der Waals surface area (Å²) in [4.78, 5) is 18.7. The lowest BCUT2D eigenvalue weighted by molar-refractivity contribution is 0.294. The Morgan fingerprint density at radius 3 is 2.43 bits per heavy atom. The molecule has 0 spiro atoms. The van der Waals surface area contributed by atoms with Gasteiger partial charge in [-0.15, -0.1) is 5.10 Å². The van der Waals surface area contributed by atoms with Crippen molar-refractivity contribution in [1.29, 1.82) is 0 Å². The van der Waals surface area contributed by atoms with Gasteiger partial charge in [-0.25, -0.2) is 4.68 Å². The van der Waals surface area contributed by atoms with E-state index >= 15 is 0 Å². The molecular formula is C43H35N5O4S. The molecule has 0 aliphatic rings. The third-order valence-corrected chi connectivity index (χ3v) is 9.68. The monoisotopic (exact) mass is 717 g/mol. The molecule has 8 rings (SSSR count). The molecule has 0 unspecified atom stereocenters. The Hall–Kier alpha value is -6.52. The van der Waals surface area contributed by atoms with Gasteiger partial charge < -0.3 is 14.2 Å². The van der Waals surface area contributed by atoms with Crippen LogP contribution in [0.1, 0.15) is 35.9 Å². The maximum atomic E-state index is 13.6. The van der Waals surface area contributed by atoms with Crippen molar-refractivity contribution in [3.63, 3.8) is 0 Å². The second kappa shape index (κ2) is 15.0. The van der Waals surface area contributed by atoms with Gasteiger partial charge in [-0.05, 0) is 89.0 Å². The minimum atomic E-state index is -0.244. The molecule has 3 heterocycles. The van der Waals surface area contributed by atoms with Gasteiger partial charge in [0.05, 0.1) is 23.9 Å². The average Bonchev–Trinajstić information content (AvgIpc) is 3.90. The number of hydrogen-bond acceptors (Lipinski definition) is 8. The van der Waals surface area contributed by atoms with Crippen LogP contribution in [0.4, 0.5) is 0 Å². The summed E-state index contributed by atoms with van der Waals surface area (Å²) in [6.45, 7) is 3.13. The molecule has 262 valence electrons. The Labute approximate surface area is 309 Å². The van der Waals surface area contributed by atoms with Crippen LogP contribution >= 0.6 is 11.3 Å². The summed E-state index contributed by atoms with van der Waals surface area (Å²) in [5.41, 5.74) is 5.11. The summed E-state index contributed by atoms with van der Waals surface area (Å²) in [7, 11) is 1.62. The summed E-state index contributed by atoms with van der Waals surface area (Å²) in [6.07, 6.45) is 8.37. The van der Waals surface area contributed by atoms with Crippen LogP contribution in [-0.4, -0.2) is 38.1 Å². The van der Waals surface area contributed by atoms with Gasteiger partial charge in [0.25, 0.3) is 5.56 Å². The fraction of sp³-hybridized carbons (Fsp3) is 0.116.